The molecule has 0 saturated carbocycles. The Labute approximate surface area is 104 Å². The van der Waals surface area contributed by atoms with Crippen molar-refractivity contribution in [3.05, 3.63) is 16.8 Å². The molecule has 0 atom stereocenters. The molecule has 0 aromatic carbocycles. The first kappa shape index (κ1) is 12.2. The fourth-order valence-electron chi connectivity index (χ4n) is 1.70. The van der Waals surface area contributed by atoms with E-state index in [1.165, 1.54) is 10.9 Å². The summed E-state index contributed by atoms with van der Waals surface area (Å²) < 4.78 is 3.18. The van der Waals surface area contributed by atoms with Gasteiger partial charge in [0.05, 0.1) is 0 Å². The van der Waals surface area contributed by atoms with Crippen molar-refractivity contribution in [2.24, 2.45) is 14.1 Å². The Morgan fingerprint density at radius 1 is 1.29 bits per heavy atom. The van der Waals surface area contributed by atoms with Crippen LogP contribution in [0.4, 0.5) is 0 Å². The molecule has 0 fully saturated rings. The van der Waals surface area contributed by atoms with Crippen molar-refractivity contribution < 1.29 is 0 Å². The van der Waals surface area contributed by atoms with Crippen LogP contribution >= 0.6 is 11.8 Å². The second kappa shape index (κ2) is 4.91. The van der Waals surface area contributed by atoms with E-state index in [2.05, 4.69) is 16.9 Å². The summed E-state index contributed by atoms with van der Waals surface area (Å²) in [6, 6.07) is 0. The average Bonchev–Trinajstić information content (AvgIpc) is 2.80. The van der Waals surface area contributed by atoms with E-state index in [1.807, 2.05) is 0 Å². The van der Waals surface area contributed by atoms with Crippen LogP contribution in [0.15, 0.2) is 16.1 Å². The summed E-state index contributed by atoms with van der Waals surface area (Å²) in [5.41, 5.74) is 0.757. The minimum atomic E-state index is -0.0583. The highest BCUT2D eigenvalue weighted by Crippen LogP contribution is 2.28. The van der Waals surface area contributed by atoms with Crippen LogP contribution in [-0.4, -0.2) is 24.9 Å². The first-order chi connectivity index (χ1) is 8.16. The molecule has 2 aliphatic heterocycles. The van der Waals surface area contributed by atoms with Crippen LogP contribution in [0.1, 0.15) is 19.8 Å². The second-order valence-corrected chi connectivity index (χ2v) is 5.04. The normalized spacial score (nSPS) is 11.2. The number of imidazole rings is 1. The predicted molar refractivity (Wildman–Crippen MR) is 68.5 cm³/mol. The van der Waals surface area contributed by atoms with E-state index in [9.17, 15) is 4.79 Å². The van der Waals surface area contributed by atoms with Gasteiger partial charge in [-0.2, -0.15) is 0 Å². The molecule has 0 saturated heterocycles. The molecule has 0 aliphatic carbocycles. The number of hydrogen-bond donors (Lipinski definition) is 0. The molecular weight excluding hydrogens is 236 g/mol. The van der Waals surface area contributed by atoms with Gasteiger partial charge in [0, 0.05) is 14.1 Å². The smallest absolute Gasteiger partial charge is 0.289 e. The number of fused-ring (bicyclic) bond motifs is 1. The highest BCUT2D eigenvalue weighted by atomic mass is 32.2. The van der Waals surface area contributed by atoms with Gasteiger partial charge >= 0.3 is 5.69 Å². The van der Waals surface area contributed by atoms with E-state index in [1.54, 1.807) is 30.4 Å². The average molecular weight is 252 g/mol. The number of thioether (sulfide) groups is 1. The van der Waals surface area contributed by atoms with Gasteiger partial charge in [0.25, 0.3) is 0 Å². The van der Waals surface area contributed by atoms with Crippen LogP contribution in [0.2, 0.25) is 0 Å². The van der Waals surface area contributed by atoms with Crippen LogP contribution in [0.3, 0.4) is 0 Å². The number of hydrogen-bond acceptors (Lipinski definition) is 4. The maximum atomic E-state index is 12.0. The van der Waals surface area contributed by atoms with Crippen LogP contribution in [0, 0.1) is 0 Å². The first-order valence-corrected chi connectivity index (χ1v) is 6.64. The summed E-state index contributed by atoms with van der Waals surface area (Å²) in [6.45, 7) is 2.16. The van der Waals surface area contributed by atoms with Gasteiger partial charge in [-0.15, -0.1) is 11.8 Å². The van der Waals surface area contributed by atoms with Crippen LogP contribution in [0.5, 0.6) is 0 Å². The Morgan fingerprint density at radius 2 is 2.06 bits per heavy atom. The van der Waals surface area contributed by atoms with Gasteiger partial charge in [0.1, 0.15) is 17.0 Å². The lowest BCUT2D eigenvalue weighted by atomic mass is 10.4. The largest absolute Gasteiger partial charge is 0.330 e. The molecule has 0 amide bonds. The molecule has 0 aromatic heterocycles. The van der Waals surface area contributed by atoms with Crippen LogP contribution < -0.4 is 5.69 Å². The van der Waals surface area contributed by atoms with Crippen molar-refractivity contribution in [1.29, 1.82) is 0 Å². The highest BCUT2D eigenvalue weighted by molar-refractivity contribution is 7.99. The zero-order chi connectivity index (χ0) is 12.4. The molecule has 2 rings (SSSR count). The number of unbranched alkanes of at least 4 members (excludes halogenated alkanes) is 1. The highest BCUT2D eigenvalue weighted by Gasteiger charge is 2.19. The summed E-state index contributed by atoms with van der Waals surface area (Å²) in [4.78, 5) is 20.4. The molecule has 0 N–H and O–H groups in total. The van der Waals surface area contributed by atoms with Crippen molar-refractivity contribution in [3.63, 3.8) is 0 Å². The van der Waals surface area contributed by atoms with Gasteiger partial charge in [-0.05, 0) is 12.2 Å². The summed E-state index contributed by atoms with van der Waals surface area (Å²) in [5.74, 6) is 1.66. The molecule has 2 aliphatic rings. The number of rotatable bonds is 4. The Balaban J connectivity index is 2.48. The quantitative estimate of drug-likeness (QED) is 0.470. The lowest BCUT2D eigenvalue weighted by Gasteiger charge is -2.13. The molecule has 17 heavy (non-hydrogen) atoms. The molecule has 5 nitrogen and oxygen atoms in total. The summed E-state index contributed by atoms with van der Waals surface area (Å²) in [6.07, 6.45) is 3.79. The van der Waals surface area contributed by atoms with Gasteiger partial charge in [0.2, 0.25) is 0 Å². The maximum Gasteiger partial charge on any atom is 0.330 e. The van der Waals surface area contributed by atoms with Crippen molar-refractivity contribution in [1.82, 2.24) is 19.1 Å². The maximum absolute atomic E-state index is 12.0. The van der Waals surface area contributed by atoms with E-state index in [-0.39, 0.29) is 5.69 Å². The van der Waals surface area contributed by atoms with Crippen LogP contribution in [0.25, 0.3) is 11.5 Å². The monoisotopic (exact) mass is 252 g/mol. The number of nitrogens with zero attached hydrogens (tertiary/aromatic N) is 4. The summed E-state index contributed by atoms with van der Waals surface area (Å²) >= 11 is 1.68. The van der Waals surface area contributed by atoms with Gasteiger partial charge in [0.15, 0.2) is 5.82 Å². The van der Waals surface area contributed by atoms with Crippen molar-refractivity contribution in [3.8, 4) is 11.5 Å². The van der Waals surface area contributed by atoms with E-state index in [0.717, 1.165) is 29.3 Å². The fourth-order valence-corrected chi connectivity index (χ4v) is 2.87. The lowest BCUT2D eigenvalue weighted by Crippen LogP contribution is -2.30. The number of aromatic nitrogens is 4. The molecular formula is C11H16N4OS. The molecule has 92 valence electrons. The zero-order valence-electron chi connectivity index (χ0n) is 10.3. The van der Waals surface area contributed by atoms with E-state index < -0.39 is 0 Å². The topological polar surface area (TPSA) is 52.7 Å². The standard InChI is InChI=1S/C11H16N4OS/c1-4-5-6-17-10-8-9(13-7-12-8)14(2)11(16)15(10)3/h7H,4-6H2,1-3H3. The van der Waals surface area contributed by atoms with Gasteiger partial charge < -0.3 is 0 Å². The van der Waals surface area contributed by atoms with Crippen molar-refractivity contribution in [2.75, 3.05) is 5.75 Å². The third-order valence-electron chi connectivity index (χ3n) is 2.71. The van der Waals surface area contributed by atoms with Crippen molar-refractivity contribution in [2.45, 2.75) is 24.8 Å². The molecule has 0 spiro atoms. The molecule has 0 bridgehead atoms. The van der Waals surface area contributed by atoms with E-state index in [0.29, 0.717) is 5.82 Å². The van der Waals surface area contributed by atoms with Gasteiger partial charge in [-0.1, -0.05) is 13.3 Å². The van der Waals surface area contributed by atoms with E-state index in [4.69, 9.17) is 0 Å². The third kappa shape index (κ3) is 2.09. The zero-order valence-corrected chi connectivity index (χ0v) is 11.1. The molecule has 2 heterocycles. The Kier molecular flexibility index (Phi) is 3.51. The first-order valence-electron chi connectivity index (χ1n) is 5.66. The minimum absolute atomic E-state index is 0.0583. The van der Waals surface area contributed by atoms with Crippen molar-refractivity contribution >= 4 is 11.8 Å². The Bertz CT molecular complexity index is 545. The summed E-state index contributed by atoms with van der Waals surface area (Å²) in [7, 11) is 3.50. The van der Waals surface area contributed by atoms with E-state index >= 15 is 0 Å². The minimum Gasteiger partial charge on any atom is -0.289 e. The molecule has 0 aromatic rings. The van der Waals surface area contributed by atoms with Gasteiger partial charge in [-0.3, -0.25) is 9.13 Å². The molecule has 0 radical (unpaired) electrons. The second-order valence-electron chi connectivity index (χ2n) is 3.95. The van der Waals surface area contributed by atoms with Crippen LogP contribution in [-0.2, 0) is 14.1 Å². The SMILES string of the molecule is CCCCSc1c2ncnc-2n(C)c(=O)n1C. The predicted octanol–water partition coefficient (Wildman–Crippen LogP) is 1.51. The Morgan fingerprint density at radius 3 is 2.76 bits per heavy atom. The fraction of sp³-hybridized carbons (Fsp3) is 0.545. The summed E-state index contributed by atoms with van der Waals surface area (Å²) in [5, 5.41) is 0.911. The van der Waals surface area contributed by atoms with Gasteiger partial charge in [-0.25, -0.2) is 14.8 Å². The third-order valence-corrected chi connectivity index (χ3v) is 3.95. The molecule has 6 heteroatoms. The lowest BCUT2D eigenvalue weighted by molar-refractivity contribution is 0.649. The Hall–Kier alpha value is -1.30. The molecule has 0 unspecified atom stereocenters.